The number of hydrogen-bond acceptors (Lipinski definition) is 4. The lowest BCUT2D eigenvalue weighted by Gasteiger charge is -2.35. The molecule has 2 aromatic rings. The molecule has 0 atom stereocenters. The van der Waals surface area contributed by atoms with Gasteiger partial charge in [-0.25, -0.2) is 4.98 Å². The minimum absolute atomic E-state index is 0.662. The normalized spacial score (nSPS) is 15.5. The second kappa shape index (κ2) is 6.59. The first kappa shape index (κ1) is 14.6. The predicted molar refractivity (Wildman–Crippen MR) is 87.6 cm³/mol. The molecule has 0 N–H and O–H groups in total. The molecule has 0 amide bonds. The van der Waals surface area contributed by atoms with Crippen molar-refractivity contribution in [3.8, 4) is 6.07 Å². The van der Waals surface area contributed by atoms with Gasteiger partial charge in [0.2, 0.25) is 0 Å². The van der Waals surface area contributed by atoms with E-state index in [9.17, 15) is 5.26 Å². The highest BCUT2D eigenvalue weighted by Crippen LogP contribution is 2.19. The third kappa shape index (κ3) is 3.26. The smallest absolute Gasteiger partial charge is 0.146 e. The van der Waals surface area contributed by atoms with E-state index in [-0.39, 0.29) is 0 Å². The van der Waals surface area contributed by atoms with Crippen LogP contribution in [0.4, 0.5) is 5.82 Å². The largest absolute Gasteiger partial charge is 0.353 e. The van der Waals surface area contributed by atoms with Crippen molar-refractivity contribution in [1.82, 2.24) is 9.88 Å². The highest BCUT2D eigenvalue weighted by Gasteiger charge is 2.20. The number of nitriles is 1. The van der Waals surface area contributed by atoms with Crippen LogP contribution in [0.3, 0.4) is 0 Å². The first-order valence-electron chi connectivity index (χ1n) is 7.64. The van der Waals surface area contributed by atoms with E-state index in [2.05, 4.69) is 52.0 Å². The Kier molecular flexibility index (Phi) is 4.36. The zero-order valence-corrected chi connectivity index (χ0v) is 12.9. The summed E-state index contributed by atoms with van der Waals surface area (Å²) in [7, 11) is 0. The molecule has 22 heavy (non-hydrogen) atoms. The van der Waals surface area contributed by atoms with Gasteiger partial charge >= 0.3 is 0 Å². The second-order valence-corrected chi connectivity index (χ2v) is 5.74. The molecule has 1 aromatic carbocycles. The van der Waals surface area contributed by atoms with Crippen LogP contribution in [0.15, 0.2) is 42.6 Å². The first-order chi connectivity index (χ1) is 10.8. The van der Waals surface area contributed by atoms with Gasteiger partial charge in [0.25, 0.3) is 0 Å². The molecule has 1 aliphatic rings. The first-order valence-corrected chi connectivity index (χ1v) is 7.64. The van der Waals surface area contributed by atoms with E-state index in [1.165, 1.54) is 11.1 Å². The zero-order valence-electron chi connectivity index (χ0n) is 12.9. The van der Waals surface area contributed by atoms with Gasteiger partial charge in [0, 0.05) is 38.9 Å². The average molecular weight is 292 g/mol. The molecule has 2 heterocycles. The molecular weight excluding hydrogens is 272 g/mol. The van der Waals surface area contributed by atoms with Crippen LogP contribution < -0.4 is 4.90 Å². The molecule has 0 unspecified atom stereocenters. The summed E-state index contributed by atoms with van der Waals surface area (Å²) in [5.41, 5.74) is 3.34. The van der Waals surface area contributed by atoms with Gasteiger partial charge in [0.15, 0.2) is 0 Å². The van der Waals surface area contributed by atoms with Crippen molar-refractivity contribution in [2.45, 2.75) is 13.5 Å². The third-order valence-corrected chi connectivity index (χ3v) is 4.07. The SMILES string of the molecule is Cc1cccc(CN2CCN(c3ncccc3C#N)CC2)c1. The van der Waals surface area contributed by atoms with Crippen LogP contribution in [0.25, 0.3) is 0 Å². The molecule has 0 saturated carbocycles. The van der Waals surface area contributed by atoms with E-state index < -0.39 is 0 Å². The number of piperazine rings is 1. The molecule has 1 saturated heterocycles. The van der Waals surface area contributed by atoms with E-state index in [0.717, 1.165) is 38.5 Å². The Labute approximate surface area is 131 Å². The van der Waals surface area contributed by atoms with Crippen molar-refractivity contribution in [2.24, 2.45) is 0 Å². The number of benzene rings is 1. The molecule has 1 aromatic heterocycles. The van der Waals surface area contributed by atoms with Gasteiger partial charge in [0.05, 0.1) is 5.56 Å². The van der Waals surface area contributed by atoms with Gasteiger partial charge in [-0.15, -0.1) is 0 Å². The summed E-state index contributed by atoms with van der Waals surface area (Å²) < 4.78 is 0. The Bertz CT molecular complexity index is 681. The number of rotatable bonds is 3. The molecule has 4 heteroatoms. The number of anilines is 1. The molecule has 0 aliphatic carbocycles. The Balaban J connectivity index is 1.62. The maximum Gasteiger partial charge on any atom is 0.146 e. The fraction of sp³-hybridized carbons (Fsp3) is 0.333. The molecule has 4 nitrogen and oxygen atoms in total. The molecule has 1 fully saturated rings. The van der Waals surface area contributed by atoms with Crippen LogP contribution in [-0.2, 0) is 6.54 Å². The molecule has 1 aliphatic heterocycles. The predicted octanol–water partition coefficient (Wildman–Crippen LogP) is 2.58. The minimum Gasteiger partial charge on any atom is -0.353 e. The van der Waals surface area contributed by atoms with Crippen LogP contribution >= 0.6 is 0 Å². The lowest BCUT2D eigenvalue weighted by Crippen LogP contribution is -2.46. The maximum absolute atomic E-state index is 9.19. The van der Waals surface area contributed by atoms with Crippen molar-refractivity contribution in [3.05, 3.63) is 59.3 Å². The number of hydrogen-bond donors (Lipinski definition) is 0. The fourth-order valence-corrected chi connectivity index (χ4v) is 2.92. The van der Waals surface area contributed by atoms with Crippen LogP contribution in [0.1, 0.15) is 16.7 Å². The van der Waals surface area contributed by atoms with Gasteiger partial charge in [0.1, 0.15) is 11.9 Å². The van der Waals surface area contributed by atoms with Crippen LogP contribution in [0, 0.1) is 18.3 Å². The Hall–Kier alpha value is -2.38. The molecule has 3 rings (SSSR count). The average Bonchev–Trinajstić information content (AvgIpc) is 2.56. The van der Waals surface area contributed by atoms with E-state index in [1.807, 2.05) is 12.1 Å². The number of pyridine rings is 1. The Morgan fingerprint density at radius 2 is 1.95 bits per heavy atom. The standard InChI is InChI=1S/C18H20N4/c1-15-4-2-5-16(12-15)14-21-8-10-22(11-9-21)18-17(13-19)6-3-7-20-18/h2-7,12H,8-11,14H2,1H3. The molecule has 0 spiro atoms. The fourth-order valence-electron chi connectivity index (χ4n) is 2.92. The lowest BCUT2D eigenvalue weighted by molar-refractivity contribution is 0.249. The highest BCUT2D eigenvalue weighted by atomic mass is 15.3. The summed E-state index contributed by atoms with van der Waals surface area (Å²) in [6.07, 6.45) is 1.76. The van der Waals surface area contributed by atoms with E-state index in [4.69, 9.17) is 0 Å². The van der Waals surface area contributed by atoms with Crippen molar-refractivity contribution < 1.29 is 0 Å². The topological polar surface area (TPSA) is 43.2 Å². The monoisotopic (exact) mass is 292 g/mol. The quantitative estimate of drug-likeness (QED) is 0.872. The lowest BCUT2D eigenvalue weighted by atomic mass is 10.1. The van der Waals surface area contributed by atoms with Crippen LogP contribution in [0.2, 0.25) is 0 Å². The van der Waals surface area contributed by atoms with Crippen molar-refractivity contribution in [3.63, 3.8) is 0 Å². The maximum atomic E-state index is 9.19. The minimum atomic E-state index is 0.662. The van der Waals surface area contributed by atoms with Crippen LogP contribution in [0.5, 0.6) is 0 Å². The molecule has 0 bridgehead atoms. The molecule has 112 valence electrons. The third-order valence-electron chi connectivity index (χ3n) is 4.07. The molecular formula is C18H20N4. The Morgan fingerprint density at radius 1 is 1.14 bits per heavy atom. The Morgan fingerprint density at radius 3 is 2.68 bits per heavy atom. The van der Waals surface area contributed by atoms with Crippen molar-refractivity contribution in [2.75, 3.05) is 31.1 Å². The van der Waals surface area contributed by atoms with Crippen molar-refractivity contribution in [1.29, 1.82) is 5.26 Å². The van der Waals surface area contributed by atoms with Crippen LogP contribution in [-0.4, -0.2) is 36.1 Å². The summed E-state index contributed by atoms with van der Waals surface area (Å²) in [6.45, 7) is 6.94. The van der Waals surface area contributed by atoms with E-state index in [0.29, 0.717) is 5.56 Å². The molecule has 0 radical (unpaired) electrons. The summed E-state index contributed by atoms with van der Waals surface area (Å²) in [5.74, 6) is 0.820. The second-order valence-electron chi connectivity index (χ2n) is 5.74. The summed E-state index contributed by atoms with van der Waals surface area (Å²) in [4.78, 5) is 9.05. The highest BCUT2D eigenvalue weighted by molar-refractivity contribution is 5.53. The summed E-state index contributed by atoms with van der Waals surface area (Å²) >= 11 is 0. The van der Waals surface area contributed by atoms with Gasteiger partial charge in [-0.05, 0) is 24.6 Å². The summed E-state index contributed by atoms with van der Waals surface area (Å²) in [6, 6.07) is 14.6. The zero-order chi connectivity index (χ0) is 15.4. The van der Waals surface area contributed by atoms with Gasteiger partial charge in [-0.1, -0.05) is 29.8 Å². The van der Waals surface area contributed by atoms with Gasteiger partial charge < -0.3 is 4.90 Å². The summed E-state index contributed by atoms with van der Waals surface area (Å²) in [5, 5.41) is 9.19. The van der Waals surface area contributed by atoms with Gasteiger partial charge in [-0.3, -0.25) is 4.90 Å². The van der Waals surface area contributed by atoms with Gasteiger partial charge in [-0.2, -0.15) is 5.26 Å². The van der Waals surface area contributed by atoms with E-state index in [1.54, 1.807) is 6.20 Å². The van der Waals surface area contributed by atoms with E-state index >= 15 is 0 Å². The van der Waals surface area contributed by atoms with Crippen molar-refractivity contribution >= 4 is 5.82 Å². The number of nitrogens with zero attached hydrogens (tertiary/aromatic N) is 4. The number of aryl methyl sites for hydroxylation is 1. The number of aromatic nitrogens is 1.